The van der Waals surface area contributed by atoms with Crippen LogP contribution in [0.1, 0.15) is 43.0 Å². The highest BCUT2D eigenvalue weighted by molar-refractivity contribution is 5.95. The van der Waals surface area contributed by atoms with Crippen molar-refractivity contribution in [2.24, 2.45) is 0 Å². The first-order valence-corrected chi connectivity index (χ1v) is 9.71. The van der Waals surface area contributed by atoms with Crippen LogP contribution >= 0.6 is 0 Å². The number of anilines is 1. The Labute approximate surface area is 160 Å². The van der Waals surface area contributed by atoms with E-state index >= 15 is 0 Å². The summed E-state index contributed by atoms with van der Waals surface area (Å²) in [5, 5.41) is 11.6. The van der Waals surface area contributed by atoms with Crippen molar-refractivity contribution >= 4 is 11.7 Å². The molecule has 2 heterocycles. The van der Waals surface area contributed by atoms with Crippen LogP contribution in [-0.4, -0.2) is 53.9 Å². The maximum Gasteiger partial charge on any atom is 0.254 e. The van der Waals surface area contributed by atoms with Crippen molar-refractivity contribution < 1.29 is 9.53 Å². The average molecular weight is 368 g/mol. The number of methoxy groups -OCH3 is 1. The van der Waals surface area contributed by atoms with Crippen LogP contribution in [-0.2, 0) is 4.74 Å². The van der Waals surface area contributed by atoms with Crippen LogP contribution in [0.5, 0.6) is 0 Å². The Kier molecular flexibility index (Phi) is 6.76. The van der Waals surface area contributed by atoms with Crippen LogP contribution < -0.4 is 5.32 Å². The standard InChI is InChI=1S/C21H28N4O2/c1-3-22-20-12-11-19(23-24-20)16-7-9-17(10-8-16)21(26)25-14-5-4-6-18(25)13-15-27-2/h7-12,18H,3-6,13-15H2,1-2H3,(H,22,24)/t18-/m0/s1. The summed E-state index contributed by atoms with van der Waals surface area (Å²) in [6.07, 6.45) is 4.20. The van der Waals surface area contributed by atoms with Crippen molar-refractivity contribution in [2.45, 2.75) is 38.6 Å². The maximum atomic E-state index is 13.0. The van der Waals surface area contributed by atoms with Crippen LogP contribution in [0.4, 0.5) is 5.82 Å². The zero-order valence-corrected chi connectivity index (χ0v) is 16.1. The van der Waals surface area contributed by atoms with E-state index in [0.717, 1.165) is 55.0 Å². The van der Waals surface area contributed by atoms with E-state index in [-0.39, 0.29) is 11.9 Å². The van der Waals surface area contributed by atoms with E-state index in [0.29, 0.717) is 6.61 Å². The van der Waals surface area contributed by atoms with Gasteiger partial charge in [0, 0.05) is 44.0 Å². The number of hydrogen-bond donors (Lipinski definition) is 1. The fourth-order valence-electron chi connectivity index (χ4n) is 3.53. The first-order chi connectivity index (χ1) is 13.2. The fourth-order valence-corrected chi connectivity index (χ4v) is 3.53. The molecule has 1 atom stereocenters. The minimum Gasteiger partial charge on any atom is -0.385 e. The van der Waals surface area contributed by atoms with Crippen LogP contribution in [0, 0.1) is 0 Å². The van der Waals surface area contributed by atoms with Crippen LogP contribution in [0.15, 0.2) is 36.4 Å². The largest absolute Gasteiger partial charge is 0.385 e. The summed E-state index contributed by atoms with van der Waals surface area (Å²) in [6, 6.07) is 11.8. The normalized spacial score (nSPS) is 17.0. The zero-order valence-electron chi connectivity index (χ0n) is 16.1. The van der Waals surface area contributed by atoms with E-state index in [1.165, 1.54) is 6.42 Å². The van der Waals surface area contributed by atoms with Crippen molar-refractivity contribution in [3.8, 4) is 11.3 Å². The van der Waals surface area contributed by atoms with E-state index in [9.17, 15) is 4.79 Å². The number of likely N-dealkylation sites (tertiary alicyclic amines) is 1. The lowest BCUT2D eigenvalue weighted by molar-refractivity contribution is 0.0553. The Balaban J connectivity index is 1.71. The number of hydrogen-bond acceptors (Lipinski definition) is 5. The van der Waals surface area contributed by atoms with Crippen molar-refractivity contribution in [3.05, 3.63) is 42.0 Å². The molecule has 0 spiro atoms. The Hall–Kier alpha value is -2.47. The number of piperidine rings is 1. The molecule has 3 rings (SSSR count). The molecule has 0 unspecified atom stereocenters. The lowest BCUT2D eigenvalue weighted by atomic mass is 9.98. The van der Waals surface area contributed by atoms with E-state index in [2.05, 4.69) is 15.5 Å². The van der Waals surface area contributed by atoms with E-state index in [1.807, 2.05) is 48.2 Å². The number of carbonyl (C=O) groups is 1. The van der Waals surface area contributed by atoms with Gasteiger partial charge in [0.05, 0.1) is 5.69 Å². The highest BCUT2D eigenvalue weighted by Crippen LogP contribution is 2.24. The molecule has 2 aromatic rings. The van der Waals surface area contributed by atoms with Gasteiger partial charge in [0.25, 0.3) is 5.91 Å². The summed E-state index contributed by atoms with van der Waals surface area (Å²) in [6.45, 7) is 4.35. The molecule has 1 saturated heterocycles. The molecule has 1 aliphatic heterocycles. The molecule has 0 radical (unpaired) electrons. The number of aromatic nitrogens is 2. The molecular weight excluding hydrogens is 340 g/mol. The van der Waals surface area contributed by atoms with Crippen LogP contribution in [0.25, 0.3) is 11.3 Å². The predicted molar refractivity (Wildman–Crippen MR) is 107 cm³/mol. The Bertz CT molecular complexity index is 731. The molecule has 6 heteroatoms. The summed E-state index contributed by atoms with van der Waals surface area (Å²) in [5.41, 5.74) is 2.48. The van der Waals surface area contributed by atoms with E-state index in [1.54, 1.807) is 7.11 Å². The molecule has 144 valence electrons. The minimum atomic E-state index is 0.107. The minimum absolute atomic E-state index is 0.107. The van der Waals surface area contributed by atoms with Gasteiger partial charge in [-0.1, -0.05) is 12.1 Å². The molecule has 1 fully saturated rings. The lowest BCUT2D eigenvalue weighted by Gasteiger charge is -2.36. The lowest BCUT2D eigenvalue weighted by Crippen LogP contribution is -2.44. The zero-order chi connectivity index (χ0) is 19.1. The highest BCUT2D eigenvalue weighted by Gasteiger charge is 2.27. The summed E-state index contributed by atoms with van der Waals surface area (Å²) in [7, 11) is 1.71. The van der Waals surface area contributed by atoms with Gasteiger partial charge in [0.15, 0.2) is 0 Å². The van der Waals surface area contributed by atoms with Crippen molar-refractivity contribution in [1.82, 2.24) is 15.1 Å². The summed E-state index contributed by atoms with van der Waals surface area (Å²) >= 11 is 0. The van der Waals surface area contributed by atoms with Gasteiger partial charge >= 0.3 is 0 Å². The SMILES string of the molecule is CCNc1ccc(-c2ccc(C(=O)N3CCCC[C@H]3CCOC)cc2)nn1. The van der Waals surface area contributed by atoms with E-state index < -0.39 is 0 Å². The van der Waals surface area contributed by atoms with E-state index in [4.69, 9.17) is 4.74 Å². The molecule has 1 N–H and O–H groups in total. The molecule has 0 saturated carbocycles. The molecule has 27 heavy (non-hydrogen) atoms. The van der Waals surface area contributed by atoms with Crippen molar-refractivity contribution in [2.75, 3.05) is 32.1 Å². The molecule has 6 nitrogen and oxygen atoms in total. The van der Waals surface area contributed by atoms with Gasteiger partial charge in [-0.25, -0.2) is 0 Å². The highest BCUT2D eigenvalue weighted by atomic mass is 16.5. The second kappa shape index (κ2) is 9.46. The fraction of sp³-hybridized carbons (Fsp3) is 0.476. The van der Waals surface area contributed by atoms with Gasteiger partial charge in [-0.3, -0.25) is 4.79 Å². The number of carbonyl (C=O) groups excluding carboxylic acids is 1. The van der Waals surface area contributed by atoms with Gasteiger partial charge in [-0.05, 0) is 56.9 Å². The topological polar surface area (TPSA) is 67.4 Å². The van der Waals surface area contributed by atoms with Gasteiger partial charge in [0.2, 0.25) is 0 Å². The first kappa shape index (κ1) is 19.3. The van der Waals surface area contributed by atoms with Crippen LogP contribution in [0.2, 0.25) is 0 Å². The molecule has 1 aromatic heterocycles. The van der Waals surface area contributed by atoms with Crippen molar-refractivity contribution in [3.63, 3.8) is 0 Å². The number of rotatable bonds is 7. The Morgan fingerprint density at radius 2 is 2.00 bits per heavy atom. The monoisotopic (exact) mass is 368 g/mol. The summed E-state index contributed by atoms with van der Waals surface area (Å²) in [4.78, 5) is 15.0. The predicted octanol–water partition coefficient (Wildman–Crippen LogP) is 3.61. The smallest absolute Gasteiger partial charge is 0.254 e. The Morgan fingerprint density at radius 3 is 2.67 bits per heavy atom. The molecule has 1 aliphatic rings. The van der Waals surface area contributed by atoms with Gasteiger partial charge in [-0.15, -0.1) is 10.2 Å². The first-order valence-electron chi connectivity index (χ1n) is 9.71. The third kappa shape index (κ3) is 4.83. The molecule has 1 amide bonds. The number of nitrogens with zero attached hydrogens (tertiary/aromatic N) is 3. The van der Waals surface area contributed by atoms with Gasteiger partial charge < -0.3 is 15.0 Å². The average Bonchev–Trinajstić information content (AvgIpc) is 2.73. The molecule has 0 bridgehead atoms. The molecular formula is C21H28N4O2. The number of ether oxygens (including phenoxy) is 1. The molecule has 0 aliphatic carbocycles. The second-order valence-electron chi connectivity index (χ2n) is 6.84. The molecule has 1 aromatic carbocycles. The quantitative estimate of drug-likeness (QED) is 0.809. The summed E-state index contributed by atoms with van der Waals surface area (Å²) < 4.78 is 5.21. The summed E-state index contributed by atoms with van der Waals surface area (Å²) in [5.74, 6) is 0.871. The Morgan fingerprint density at radius 1 is 1.19 bits per heavy atom. The number of amides is 1. The van der Waals surface area contributed by atoms with Crippen molar-refractivity contribution in [1.29, 1.82) is 0 Å². The third-order valence-corrected chi connectivity index (χ3v) is 4.99. The van der Waals surface area contributed by atoms with Gasteiger partial charge in [0.1, 0.15) is 5.82 Å². The number of benzene rings is 1. The third-order valence-electron chi connectivity index (χ3n) is 4.99. The second-order valence-corrected chi connectivity index (χ2v) is 6.84. The van der Waals surface area contributed by atoms with Crippen LogP contribution in [0.3, 0.4) is 0 Å². The maximum absolute atomic E-state index is 13.0. The van der Waals surface area contributed by atoms with Gasteiger partial charge in [-0.2, -0.15) is 0 Å². The number of nitrogens with one attached hydrogen (secondary N) is 1.